The van der Waals surface area contributed by atoms with Gasteiger partial charge in [0.05, 0.1) is 24.3 Å². The first kappa shape index (κ1) is 30.7. The monoisotopic (exact) mass is 673 g/mol. The second kappa shape index (κ2) is 12.5. The first-order valence-electron chi connectivity index (χ1n) is 17.2. The summed E-state index contributed by atoms with van der Waals surface area (Å²) in [5, 5.41) is 5.13. The molecule has 254 valence electrons. The number of para-hydroxylation sites is 2. The Morgan fingerprint density at radius 1 is 0.840 bits per heavy atom. The Labute approximate surface area is 287 Å². The molecule has 0 radical (unpaired) electrons. The quantitative estimate of drug-likeness (QED) is 0.199. The smallest absolute Gasteiger partial charge is 0.259 e. The van der Waals surface area contributed by atoms with Crippen LogP contribution in [0.25, 0.3) is 38.5 Å². The summed E-state index contributed by atoms with van der Waals surface area (Å²) in [5.41, 5.74) is 3.11. The fourth-order valence-electron chi connectivity index (χ4n) is 7.47. The number of amides is 1. The second-order valence-corrected chi connectivity index (χ2v) is 13.1. The molecule has 0 bridgehead atoms. The zero-order valence-corrected chi connectivity index (χ0v) is 27.5. The zero-order valence-electron chi connectivity index (χ0n) is 27.5. The van der Waals surface area contributed by atoms with Crippen molar-refractivity contribution in [1.29, 1.82) is 0 Å². The molecule has 5 heterocycles. The Morgan fingerprint density at radius 3 is 2.44 bits per heavy atom. The lowest BCUT2D eigenvalue weighted by molar-refractivity contribution is 0.0378. The molecule has 1 amide bonds. The highest BCUT2D eigenvalue weighted by molar-refractivity contribution is 6.07. The molecule has 6 aromatic rings. The lowest BCUT2D eigenvalue weighted by Crippen LogP contribution is -2.49. The van der Waals surface area contributed by atoms with Crippen molar-refractivity contribution >= 4 is 50.1 Å². The molecule has 0 unspecified atom stereocenters. The fourth-order valence-corrected chi connectivity index (χ4v) is 7.47. The lowest BCUT2D eigenvalue weighted by atomic mass is 10.0. The molecule has 11 heteroatoms. The van der Waals surface area contributed by atoms with Gasteiger partial charge in [-0.25, -0.2) is 4.39 Å². The standard InChI is InChI=1S/C39H36FN5O5/c40-30-21-28-36-38(35(30)41-11-6-12-42-17-19-48-20-18-42)50-34-22-27-26-9-4-5-10-32(26)49-33(27)23-31(34)45(36)24-29(37(28)46)39(47)44-15-13-43(14-16-44)25-7-2-1-3-8-25/h1-5,7-10,21-24,41H,6,11-20H2. The van der Waals surface area contributed by atoms with Crippen molar-refractivity contribution in [2.45, 2.75) is 6.42 Å². The number of ether oxygens (including phenoxy) is 2. The molecule has 0 aliphatic carbocycles. The van der Waals surface area contributed by atoms with E-state index in [0.717, 1.165) is 61.3 Å². The third kappa shape index (κ3) is 5.24. The number of pyridine rings is 1. The summed E-state index contributed by atoms with van der Waals surface area (Å²) in [7, 11) is 0. The molecule has 50 heavy (non-hydrogen) atoms. The van der Waals surface area contributed by atoms with E-state index in [2.05, 4.69) is 27.2 Å². The van der Waals surface area contributed by atoms with Crippen molar-refractivity contribution in [1.82, 2.24) is 14.4 Å². The first-order valence-corrected chi connectivity index (χ1v) is 17.2. The molecular formula is C39H36FN5O5. The van der Waals surface area contributed by atoms with Crippen LogP contribution in [0.4, 0.5) is 15.8 Å². The molecule has 2 aromatic heterocycles. The van der Waals surface area contributed by atoms with E-state index in [1.165, 1.54) is 6.07 Å². The summed E-state index contributed by atoms with van der Waals surface area (Å²) in [4.78, 5) is 34.5. The number of fused-ring (bicyclic) bond motifs is 5. The van der Waals surface area contributed by atoms with Crippen molar-refractivity contribution in [2.24, 2.45) is 0 Å². The number of piperazine rings is 1. The predicted molar refractivity (Wildman–Crippen MR) is 192 cm³/mol. The third-order valence-electron chi connectivity index (χ3n) is 10.1. The summed E-state index contributed by atoms with van der Waals surface area (Å²) in [6.45, 7) is 6.73. The lowest BCUT2D eigenvalue weighted by Gasteiger charge is -2.36. The average molecular weight is 674 g/mol. The number of morpholine rings is 1. The molecule has 2 saturated heterocycles. The number of aromatic nitrogens is 1. The van der Waals surface area contributed by atoms with Gasteiger partial charge in [0.1, 0.15) is 27.9 Å². The molecule has 4 aromatic carbocycles. The number of nitrogens with zero attached hydrogens (tertiary/aromatic N) is 4. The summed E-state index contributed by atoms with van der Waals surface area (Å²) in [6.07, 6.45) is 2.38. The Morgan fingerprint density at radius 2 is 1.62 bits per heavy atom. The van der Waals surface area contributed by atoms with E-state index in [-0.39, 0.29) is 28.3 Å². The third-order valence-corrected chi connectivity index (χ3v) is 10.1. The van der Waals surface area contributed by atoms with Gasteiger partial charge < -0.3 is 33.6 Å². The van der Waals surface area contributed by atoms with Crippen LogP contribution in [0.15, 0.2) is 88.2 Å². The van der Waals surface area contributed by atoms with Gasteiger partial charge in [-0.2, -0.15) is 0 Å². The van der Waals surface area contributed by atoms with Crippen LogP contribution in [0.5, 0.6) is 11.5 Å². The molecule has 9 rings (SSSR count). The van der Waals surface area contributed by atoms with Gasteiger partial charge in [0, 0.05) is 74.5 Å². The zero-order chi connectivity index (χ0) is 33.8. The number of hydrogen-bond acceptors (Lipinski definition) is 8. The van der Waals surface area contributed by atoms with E-state index in [1.54, 1.807) is 15.7 Å². The minimum absolute atomic E-state index is 0.0141. The average Bonchev–Trinajstić information content (AvgIpc) is 3.52. The van der Waals surface area contributed by atoms with Gasteiger partial charge in [0.2, 0.25) is 5.43 Å². The SMILES string of the molecule is O=C(c1cn2c3c(c(NCCCN4CCOCC4)c(F)cc3c1=O)Oc1cc3c(cc1-2)oc1ccccc13)N1CCN(c2ccccc2)CC1. The normalized spacial score (nSPS) is 16.2. The van der Waals surface area contributed by atoms with E-state index < -0.39 is 11.2 Å². The fraction of sp³-hybridized carbons (Fsp3) is 0.282. The maximum Gasteiger partial charge on any atom is 0.259 e. The van der Waals surface area contributed by atoms with Crippen molar-refractivity contribution in [3.05, 3.63) is 101 Å². The van der Waals surface area contributed by atoms with Crippen molar-refractivity contribution in [2.75, 3.05) is 75.8 Å². The second-order valence-electron chi connectivity index (χ2n) is 13.1. The molecule has 0 spiro atoms. The van der Waals surface area contributed by atoms with Crippen LogP contribution in [0, 0.1) is 5.82 Å². The van der Waals surface area contributed by atoms with Crippen molar-refractivity contribution in [3.63, 3.8) is 0 Å². The number of carbonyl (C=O) groups excluding carboxylic acids is 1. The van der Waals surface area contributed by atoms with Gasteiger partial charge in [-0.15, -0.1) is 0 Å². The molecule has 3 aliphatic rings. The highest BCUT2D eigenvalue weighted by Crippen LogP contribution is 2.47. The maximum absolute atomic E-state index is 16.1. The van der Waals surface area contributed by atoms with E-state index in [9.17, 15) is 9.59 Å². The summed E-state index contributed by atoms with van der Waals surface area (Å²) in [6, 6.07) is 22.8. The highest BCUT2D eigenvalue weighted by Gasteiger charge is 2.31. The van der Waals surface area contributed by atoms with Crippen LogP contribution >= 0.6 is 0 Å². The minimum Gasteiger partial charge on any atom is -0.456 e. The molecule has 0 atom stereocenters. The number of halogens is 1. The molecule has 0 saturated carbocycles. The number of carbonyl (C=O) groups is 1. The number of anilines is 2. The number of nitrogens with one attached hydrogen (secondary N) is 1. The van der Waals surface area contributed by atoms with E-state index in [4.69, 9.17) is 13.9 Å². The Hall–Kier alpha value is -5.39. The highest BCUT2D eigenvalue weighted by atomic mass is 19.1. The number of furan rings is 1. The number of rotatable bonds is 7. The van der Waals surface area contributed by atoms with E-state index in [0.29, 0.717) is 55.3 Å². The van der Waals surface area contributed by atoms with E-state index in [1.807, 2.05) is 54.6 Å². The number of hydrogen-bond donors (Lipinski definition) is 1. The van der Waals surface area contributed by atoms with Gasteiger partial charge in [-0.05, 0) is 43.3 Å². The Balaban J connectivity index is 1.11. The van der Waals surface area contributed by atoms with Crippen molar-refractivity contribution < 1.29 is 23.1 Å². The van der Waals surface area contributed by atoms with Crippen LogP contribution in [0.1, 0.15) is 16.8 Å². The van der Waals surface area contributed by atoms with Crippen molar-refractivity contribution in [3.8, 4) is 17.2 Å². The summed E-state index contributed by atoms with van der Waals surface area (Å²) < 4.78 is 36.1. The first-order chi connectivity index (χ1) is 24.5. The minimum atomic E-state index is -0.609. The Kier molecular flexibility index (Phi) is 7.66. The molecular weight excluding hydrogens is 637 g/mol. The Bertz CT molecular complexity index is 2320. The molecule has 3 aliphatic heterocycles. The van der Waals surface area contributed by atoms with E-state index >= 15 is 4.39 Å². The van der Waals surface area contributed by atoms with Crippen LogP contribution in [-0.4, -0.2) is 85.8 Å². The van der Waals surface area contributed by atoms with Crippen LogP contribution < -0.4 is 20.4 Å². The summed E-state index contributed by atoms with van der Waals surface area (Å²) in [5.74, 6) is -0.294. The van der Waals surface area contributed by atoms with Crippen LogP contribution in [0.3, 0.4) is 0 Å². The van der Waals surface area contributed by atoms with Gasteiger partial charge in [-0.3, -0.25) is 14.5 Å². The van der Waals surface area contributed by atoms with Gasteiger partial charge in [0.15, 0.2) is 17.3 Å². The largest absolute Gasteiger partial charge is 0.456 e. The number of benzene rings is 4. The maximum atomic E-state index is 16.1. The van der Waals surface area contributed by atoms with Crippen LogP contribution in [0.2, 0.25) is 0 Å². The summed E-state index contributed by atoms with van der Waals surface area (Å²) >= 11 is 0. The topological polar surface area (TPSA) is 92.4 Å². The van der Waals surface area contributed by atoms with Gasteiger partial charge >= 0.3 is 0 Å². The molecule has 1 N–H and O–H groups in total. The predicted octanol–water partition coefficient (Wildman–Crippen LogP) is 6.23. The molecule has 10 nitrogen and oxygen atoms in total. The van der Waals surface area contributed by atoms with Gasteiger partial charge in [-0.1, -0.05) is 36.4 Å². The van der Waals surface area contributed by atoms with Gasteiger partial charge in [0.25, 0.3) is 5.91 Å². The van der Waals surface area contributed by atoms with Crippen LogP contribution in [-0.2, 0) is 4.74 Å². The molecule has 2 fully saturated rings.